The molecule has 10 heavy (non-hydrogen) atoms. The third-order valence-electron chi connectivity index (χ3n) is 1.73. The van der Waals surface area contributed by atoms with Crippen LogP contribution in [0.25, 0.3) is 0 Å². The van der Waals surface area contributed by atoms with E-state index < -0.39 is 17.9 Å². The number of rotatable bonds is 1. The molecule has 0 spiro atoms. The first-order valence-corrected chi connectivity index (χ1v) is 3.17. The van der Waals surface area contributed by atoms with Crippen molar-refractivity contribution in [2.75, 3.05) is 13.2 Å². The molecule has 0 aliphatic carbocycles. The molecule has 1 aliphatic rings. The van der Waals surface area contributed by atoms with Crippen LogP contribution in [0.4, 0.5) is 4.39 Å². The Morgan fingerprint density at radius 3 is 2.60 bits per heavy atom. The van der Waals surface area contributed by atoms with Gasteiger partial charge in [-0.05, 0) is 6.92 Å². The van der Waals surface area contributed by atoms with Gasteiger partial charge in [0.05, 0.1) is 13.2 Å². The minimum absolute atomic E-state index is 0.139. The monoisotopic (exact) mass is 150 g/mol. The van der Waals surface area contributed by atoms with Crippen molar-refractivity contribution in [3.05, 3.63) is 0 Å². The standard InChI is InChI=1S/C6H11FO3/c1-6(7)3-10-4(2-8)5(6)9/h4-5,8-9H,2-3H2,1H3. The van der Waals surface area contributed by atoms with E-state index in [1.54, 1.807) is 0 Å². The van der Waals surface area contributed by atoms with E-state index >= 15 is 0 Å². The van der Waals surface area contributed by atoms with E-state index in [1.165, 1.54) is 6.92 Å². The predicted octanol–water partition coefficient (Wildman–Crippen LogP) is -0.533. The van der Waals surface area contributed by atoms with Gasteiger partial charge in [0.25, 0.3) is 0 Å². The molecule has 3 atom stereocenters. The average Bonchev–Trinajstić information content (AvgIpc) is 2.10. The molecule has 1 saturated heterocycles. The summed E-state index contributed by atoms with van der Waals surface area (Å²) in [7, 11) is 0. The van der Waals surface area contributed by atoms with Crippen LogP contribution in [0.15, 0.2) is 0 Å². The van der Waals surface area contributed by atoms with Gasteiger partial charge in [-0.3, -0.25) is 0 Å². The van der Waals surface area contributed by atoms with Crippen molar-refractivity contribution in [3.8, 4) is 0 Å². The van der Waals surface area contributed by atoms with Crippen molar-refractivity contribution < 1.29 is 19.3 Å². The largest absolute Gasteiger partial charge is 0.394 e. The maximum atomic E-state index is 13.0. The van der Waals surface area contributed by atoms with Gasteiger partial charge in [-0.25, -0.2) is 4.39 Å². The highest BCUT2D eigenvalue weighted by Crippen LogP contribution is 2.27. The first-order chi connectivity index (χ1) is 4.58. The zero-order valence-corrected chi connectivity index (χ0v) is 5.75. The molecule has 2 N–H and O–H groups in total. The summed E-state index contributed by atoms with van der Waals surface area (Å²) >= 11 is 0. The highest BCUT2D eigenvalue weighted by Gasteiger charge is 2.45. The number of hydrogen-bond donors (Lipinski definition) is 2. The summed E-state index contributed by atoms with van der Waals surface area (Å²) in [5.74, 6) is 0. The molecule has 3 unspecified atom stereocenters. The summed E-state index contributed by atoms with van der Waals surface area (Å²) in [5.41, 5.74) is -1.70. The Balaban J connectivity index is 2.58. The van der Waals surface area contributed by atoms with Crippen LogP contribution in [0.3, 0.4) is 0 Å². The van der Waals surface area contributed by atoms with E-state index in [-0.39, 0.29) is 13.2 Å². The van der Waals surface area contributed by atoms with Gasteiger partial charge in [-0.2, -0.15) is 0 Å². The molecule has 0 saturated carbocycles. The Morgan fingerprint density at radius 2 is 2.40 bits per heavy atom. The second-order valence-electron chi connectivity index (χ2n) is 2.75. The molecule has 0 aromatic rings. The van der Waals surface area contributed by atoms with Crippen LogP contribution in [0.1, 0.15) is 6.92 Å². The van der Waals surface area contributed by atoms with Crippen molar-refractivity contribution in [1.29, 1.82) is 0 Å². The van der Waals surface area contributed by atoms with Crippen LogP contribution in [0.2, 0.25) is 0 Å². The molecule has 0 amide bonds. The molecule has 0 bridgehead atoms. The SMILES string of the molecule is CC1(F)COC(CO)C1O. The maximum Gasteiger partial charge on any atom is 0.159 e. The molecular weight excluding hydrogens is 139 g/mol. The Bertz CT molecular complexity index is 126. The number of aliphatic hydroxyl groups excluding tert-OH is 2. The summed E-state index contributed by atoms with van der Waals surface area (Å²) in [4.78, 5) is 0. The molecule has 60 valence electrons. The number of halogens is 1. The van der Waals surface area contributed by atoms with Gasteiger partial charge in [0.15, 0.2) is 5.67 Å². The van der Waals surface area contributed by atoms with E-state index in [1.807, 2.05) is 0 Å². The minimum Gasteiger partial charge on any atom is -0.394 e. The first-order valence-electron chi connectivity index (χ1n) is 3.17. The van der Waals surface area contributed by atoms with Crippen LogP contribution < -0.4 is 0 Å². The van der Waals surface area contributed by atoms with Gasteiger partial charge in [-0.1, -0.05) is 0 Å². The Morgan fingerprint density at radius 1 is 1.80 bits per heavy atom. The van der Waals surface area contributed by atoms with Gasteiger partial charge in [0.2, 0.25) is 0 Å². The van der Waals surface area contributed by atoms with E-state index in [2.05, 4.69) is 0 Å². The van der Waals surface area contributed by atoms with Crippen LogP contribution >= 0.6 is 0 Å². The lowest BCUT2D eigenvalue weighted by Gasteiger charge is -2.17. The Hall–Kier alpha value is -0.190. The van der Waals surface area contributed by atoms with Crippen molar-refractivity contribution in [3.63, 3.8) is 0 Å². The zero-order valence-electron chi connectivity index (χ0n) is 5.75. The van der Waals surface area contributed by atoms with Gasteiger partial charge in [0.1, 0.15) is 12.2 Å². The van der Waals surface area contributed by atoms with Crippen LogP contribution in [-0.2, 0) is 4.74 Å². The van der Waals surface area contributed by atoms with E-state index in [0.717, 1.165) is 0 Å². The molecule has 1 rings (SSSR count). The Kier molecular flexibility index (Phi) is 1.94. The fourth-order valence-electron chi connectivity index (χ4n) is 0.987. The van der Waals surface area contributed by atoms with Crippen molar-refractivity contribution in [1.82, 2.24) is 0 Å². The fraction of sp³-hybridized carbons (Fsp3) is 1.00. The number of hydrogen-bond acceptors (Lipinski definition) is 3. The van der Waals surface area contributed by atoms with Crippen molar-refractivity contribution in [2.24, 2.45) is 0 Å². The second-order valence-corrected chi connectivity index (χ2v) is 2.75. The third kappa shape index (κ3) is 1.14. The van der Waals surface area contributed by atoms with Crippen LogP contribution in [0, 0.1) is 0 Å². The third-order valence-corrected chi connectivity index (χ3v) is 1.73. The summed E-state index contributed by atoms with van der Waals surface area (Å²) in [5, 5.41) is 17.6. The van der Waals surface area contributed by atoms with Gasteiger partial charge >= 0.3 is 0 Å². The lowest BCUT2D eigenvalue weighted by Crippen LogP contribution is -2.38. The smallest absolute Gasteiger partial charge is 0.159 e. The lowest BCUT2D eigenvalue weighted by atomic mass is 10.0. The second kappa shape index (κ2) is 2.45. The Labute approximate surface area is 58.4 Å². The molecule has 0 radical (unpaired) electrons. The quantitative estimate of drug-likeness (QED) is 0.528. The van der Waals surface area contributed by atoms with Crippen LogP contribution in [-0.4, -0.2) is 41.3 Å². The van der Waals surface area contributed by atoms with E-state index in [4.69, 9.17) is 14.9 Å². The highest BCUT2D eigenvalue weighted by atomic mass is 19.1. The molecule has 3 nitrogen and oxygen atoms in total. The lowest BCUT2D eigenvalue weighted by molar-refractivity contribution is -0.00983. The number of ether oxygens (including phenoxy) is 1. The molecule has 1 fully saturated rings. The highest BCUT2D eigenvalue weighted by molar-refractivity contribution is 4.93. The van der Waals surface area contributed by atoms with Gasteiger partial charge in [-0.15, -0.1) is 0 Å². The van der Waals surface area contributed by atoms with Crippen molar-refractivity contribution >= 4 is 0 Å². The number of aliphatic hydroxyl groups is 2. The van der Waals surface area contributed by atoms with Gasteiger partial charge < -0.3 is 14.9 Å². The minimum atomic E-state index is -1.70. The molecule has 0 aromatic heterocycles. The van der Waals surface area contributed by atoms with Crippen molar-refractivity contribution in [2.45, 2.75) is 24.8 Å². The first kappa shape index (κ1) is 7.91. The van der Waals surface area contributed by atoms with E-state index in [0.29, 0.717) is 0 Å². The zero-order chi connectivity index (χ0) is 7.78. The maximum absolute atomic E-state index is 13.0. The number of alkyl halides is 1. The normalized spacial score (nSPS) is 48.0. The average molecular weight is 150 g/mol. The molecular formula is C6H11FO3. The predicted molar refractivity (Wildman–Crippen MR) is 32.3 cm³/mol. The van der Waals surface area contributed by atoms with Crippen LogP contribution in [0.5, 0.6) is 0 Å². The summed E-state index contributed by atoms with van der Waals surface area (Å²) < 4.78 is 17.7. The molecule has 0 aromatic carbocycles. The van der Waals surface area contributed by atoms with E-state index in [9.17, 15) is 4.39 Å². The summed E-state index contributed by atoms with van der Waals surface area (Å²) in [6, 6.07) is 0. The summed E-state index contributed by atoms with van der Waals surface area (Å²) in [6.07, 6.45) is -1.95. The molecule has 4 heteroatoms. The molecule has 1 aliphatic heterocycles. The van der Waals surface area contributed by atoms with Gasteiger partial charge in [0, 0.05) is 0 Å². The summed E-state index contributed by atoms with van der Waals surface area (Å²) in [6.45, 7) is 0.785. The topological polar surface area (TPSA) is 49.7 Å². The molecule has 1 heterocycles. The fourth-order valence-corrected chi connectivity index (χ4v) is 0.987.